The summed E-state index contributed by atoms with van der Waals surface area (Å²) in [6.07, 6.45) is 2.70. The van der Waals surface area contributed by atoms with Crippen LogP contribution in [0.25, 0.3) is 11.1 Å². The van der Waals surface area contributed by atoms with Crippen LogP contribution in [0, 0.1) is 0 Å². The third-order valence-electron chi connectivity index (χ3n) is 2.69. The number of hydrogen-bond donors (Lipinski definition) is 1. The van der Waals surface area contributed by atoms with E-state index in [0.717, 1.165) is 11.8 Å². The highest BCUT2D eigenvalue weighted by molar-refractivity contribution is 9.08. The number of nitrogens with zero attached hydrogens (tertiary/aromatic N) is 1. The minimum absolute atomic E-state index is 0.245. The summed E-state index contributed by atoms with van der Waals surface area (Å²) in [4.78, 5) is 11.9. The molecule has 1 aromatic carbocycles. The maximum atomic E-state index is 11.6. The van der Waals surface area contributed by atoms with Crippen molar-refractivity contribution in [3.8, 4) is 11.1 Å². The summed E-state index contributed by atoms with van der Waals surface area (Å²) in [5.74, 6) is 0. The minimum Gasteiger partial charge on any atom is -0.268 e. The van der Waals surface area contributed by atoms with Crippen LogP contribution in [0.4, 0.5) is 0 Å². The lowest BCUT2D eigenvalue weighted by molar-refractivity contribution is 0.602. The molecule has 0 aliphatic heterocycles. The summed E-state index contributed by atoms with van der Waals surface area (Å²) in [6.45, 7) is 0. The standard InChI is InChI=1S/C12H11BrN2O3S/c1-19(17,18)9-4-2-8(3-5-9)11-7-14-15-12(16)10(11)6-13/h2-5,7H,6H2,1H3,(H,15,16). The second-order valence-corrected chi connectivity index (χ2v) is 6.60. The van der Waals surface area contributed by atoms with E-state index in [1.807, 2.05) is 0 Å². The van der Waals surface area contributed by atoms with Crippen LogP contribution < -0.4 is 5.56 Å². The molecule has 0 saturated carbocycles. The number of hydrogen-bond acceptors (Lipinski definition) is 4. The maximum absolute atomic E-state index is 11.6. The van der Waals surface area contributed by atoms with Gasteiger partial charge in [0.15, 0.2) is 9.84 Å². The van der Waals surface area contributed by atoms with Crippen LogP contribution in [-0.2, 0) is 15.2 Å². The van der Waals surface area contributed by atoms with Gasteiger partial charge in [0.25, 0.3) is 5.56 Å². The quantitative estimate of drug-likeness (QED) is 0.861. The van der Waals surface area contributed by atoms with E-state index >= 15 is 0 Å². The van der Waals surface area contributed by atoms with E-state index in [1.54, 1.807) is 18.3 Å². The molecule has 19 heavy (non-hydrogen) atoms. The zero-order valence-corrected chi connectivity index (χ0v) is 12.5. The van der Waals surface area contributed by atoms with Crippen LogP contribution in [0.1, 0.15) is 5.56 Å². The number of alkyl halides is 1. The summed E-state index contributed by atoms with van der Waals surface area (Å²) in [5.41, 5.74) is 1.73. The fourth-order valence-electron chi connectivity index (χ4n) is 1.69. The third kappa shape index (κ3) is 2.93. The van der Waals surface area contributed by atoms with E-state index in [9.17, 15) is 13.2 Å². The second-order valence-electron chi connectivity index (χ2n) is 4.02. The van der Waals surface area contributed by atoms with Crippen molar-refractivity contribution in [1.29, 1.82) is 0 Å². The van der Waals surface area contributed by atoms with E-state index < -0.39 is 9.84 Å². The first-order chi connectivity index (χ1) is 8.93. The molecule has 0 atom stereocenters. The topological polar surface area (TPSA) is 79.9 Å². The fourth-order valence-corrected chi connectivity index (χ4v) is 2.87. The van der Waals surface area contributed by atoms with Gasteiger partial charge in [0, 0.05) is 22.7 Å². The van der Waals surface area contributed by atoms with E-state index in [1.165, 1.54) is 12.1 Å². The van der Waals surface area contributed by atoms with Gasteiger partial charge in [0.05, 0.1) is 11.1 Å². The smallest absolute Gasteiger partial charge is 0.268 e. The molecule has 0 unspecified atom stereocenters. The molecule has 100 valence electrons. The van der Waals surface area contributed by atoms with E-state index in [0.29, 0.717) is 16.5 Å². The van der Waals surface area contributed by atoms with Crippen LogP contribution in [-0.4, -0.2) is 24.9 Å². The van der Waals surface area contributed by atoms with Gasteiger partial charge in [-0.05, 0) is 17.7 Å². The van der Waals surface area contributed by atoms with Gasteiger partial charge in [-0.15, -0.1) is 0 Å². The Balaban J connectivity index is 2.55. The SMILES string of the molecule is CS(=O)(=O)c1ccc(-c2cn[nH]c(=O)c2CBr)cc1. The fraction of sp³-hybridized carbons (Fsp3) is 0.167. The molecule has 0 aliphatic rings. The lowest BCUT2D eigenvalue weighted by Crippen LogP contribution is -2.13. The van der Waals surface area contributed by atoms with Gasteiger partial charge in [-0.2, -0.15) is 5.10 Å². The van der Waals surface area contributed by atoms with Crippen LogP contribution in [0.3, 0.4) is 0 Å². The Morgan fingerprint density at radius 2 is 1.89 bits per heavy atom. The Kier molecular flexibility index (Phi) is 3.86. The molecule has 2 aromatic rings. The highest BCUT2D eigenvalue weighted by atomic mass is 79.9. The lowest BCUT2D eigenvalue weighted by Gasteiger charge is -2.06. The molecular weight excluding hydrogens is 332 g/mol. The van der Waals surface area contributed by atoms with Gasteiger partial charge in [0.1, 0.15) is 0 Å². The molecule has 0 aliphatic carbocycles. The Morgan fingerprint density at radius 3 is 2.42 bits per heavy atom. The average Bonchev–Trinajstić information content (AvgIpc) is 2.37. The van der Waals surface area contributed by atoms with Gasteiger partial charge in [-0.3, -0.25) is 4.79 Å². The Hall–Kier alpha value is -1.47. The number of nitrogens with one attached hydrogen (secondary N) is 1. The molecule has 1 aromatic heterocycles. The number of aromatic amines is 1. The first kappa shape index (κ1) is 14.0. The van der Waals surface area contributed by atoms with Crippen molar-refractivity contribution in [3.63, 3.8) is 0 Å². The number of halogens is 1. The van der Waals surface area contributed by atoms with E-state index in [2.05, 4.69) is 26.1 Å². The Labute approximate surface area is 118 Å². The third-order valence-corrected chi connectivity index (χ3v) is 4.38. The summed E-state index contributed by atoms with van der Waals surface area (Å²) < 4.78 is 22.8. The first-order valence-electron chi connectivity index (χ1n) is 5.36. The molecule has 5 nitrogen and oxygen atoms in total. The Bertz CT molecular complexity index is 751. The maximum Gasteiger partial charge on any atom is 0.268 e. The van der Waals surface area contributed by atoms with Crippen LogP contribution >= 0.6 is 15.9 Å². The molecule has 2 rings (SSSR count). The molecule has 0 amide bonds. The van der Waals surface area contributed by atoms with Crippen molar-refractivity contribution in [1.82, 2.24) is 10.2 Å². The van der Waals surface area contributed by atoms with Crippen molar-refractivity contribution in [2.24, 2.45) is 0 Å². The lowest BCUT2D eigenvalue weighted by atomic mass is 10.0. The van der Waals surface area contributed by atoms with Crippen molar-refractivity contribution < 1.29 is 8.42 Å². The largest absolute Gasteiger partial charge is 0.268 e. The number of H-pyrrole nitrogens is 1. The Morgan fingerprint density at radius 1 is 1.26 bits per heavy atom. The van der Waals surface area contributed by atoms with Crippen LogP contribution in [0.5, 0.6) is 0 Å². The second kappa shape index (κ2) is 5.26. The van der Waals surface area contributed by atoms with Crippen molar-refractivity contribution in [3.05, 3.63) is 46.4 Å². The summed E-state index contributed by atoms with van der Waals surface area (Å²) >= 11 is 3.26. The molecular formula is C12H11BrN2O3S. The number of aromatic nitrogens is 2. The molecule has 7 heteroatoms. The molecule has 0 radical (unpaired) electrons. The minimum atomic E-state index is -3.22. The molecule has 1 heterocycles. The number of rotatable bonds is 3. The van der Waals surface area contributed by atoms with Crippen LogP contribution in [0.2, 0.25) is 0 Å². The predicted molar refractivity (Wildman–Crippen MR) is 76.0 cm³/mol. The molecule has 0 spiro atoms. The summed E-state index contributed by atoms with van der Waals surface area (Å²) in [7, 11) is -3.22. The number of benzene rings is 1. The molecule has 0 bridgehead atoms. The monoisotopic (exact) mass is 342 g/mol. The van der Waals surface area contributed by atoms with Crippen molar-refractivity contribution >= 4 is 25.8 Å². The zero-order chi connectivity index (χ0) is 14.0. The predicted octanol–water partition coefficient (Wildman–Crippen LogP) is 1.74. The van der Waals surface area contributed by atoms with E-state index in [4.69, 9.17) is 0 Å². The summed E-state index contributed by atoms with van der Waals surface area (Å²) in [6, 6.07) is 6.37. The highest BCUT2D eigenvalue weighted by Crippen LogP contribution is 2.23. The first-order valence-corrected chi connectivity index (χ1v) is 8.38. The highest BCUT2D eigenvalue weighted by Gasteiger charge is 2.11. The van der Waals surface area contributed by atoms with Gasteiger partial charge in [-0.25, -0.2) is 13.5 Å². The van der Waals surface area contributed by atoms with E-state index in [-0.39, 0.29) is 10.5 Å². The molecule has 0 fully saturated rings. The summed E-state index contributed by atoms with van der Waals surface area (Å²) in [5, 5.41) is 6.53. The van der Waals surface area contributed by atoms with Crippen molar-refractivity contribution in [2.75, 3.05) is 6.26 Å². The molecule has 1 N–H and O–H groups in total. The zero-order valence-electron chi connectivity index (χ0n) is 10.1. The number of sulfone groups is 1. The van der Waals surface area contributed by atoms with Gasteiger partial charge in [-0.1, -0.05) is 28.1 Å². The average molecular weight is 343 g/mol. The normalized spacial score (nSPS) is 11.5. The van der Waals surface area contributed by atoms with Crippen LogP contribution in [0.15, 0.2) is 40.2 Å². The van der Waals surface area contributed by atoms with Crippen molar-refractivity contribution in [2.45, 2.75) is 10.2 Å². The van der Waals surface area contributed by atoms with Gasteiger partial charge in [0.2, 0.25) is 0 Å². The molecule has 0 saturated heterocycles. The van der Waals surface area contributed by atoms with Gasteiger partial charge < -0.3 is 0 Å². The van der Waals surface area contributed by atoms with Gasteiger partial charge >= 0.3 is 0 Å².